The largest absolute Gasteiger partial charge is 0.478 e. The summed E-state index contributed by atoms with van der Waals surface area (Å²) < 4.78 is 0. The van der Waals surface area contributed by atoms with Crippen LogP contribution in [0, 0.1) is 6.92 Å². The van der Waals surface area contributed by atoms with Crippen LogP contribution in [0.2, 0.25) is 5.02 Å². The number of halogens is 1. The molecule has 0 spiro atoms. The number of anilines is 1. The first-order valence-electron chi connectivity index (χ1n) is 5.80. The van der Waals surface area contributed by atoms with E-state index in [0.717, 1.165) is 0 Å². The number of thioether (sulfide) groups is 1. The van der Waals surface area contributed by atoms with Gasteiger partial charge in [-0.2, -0.15) is 0 Å². The van der Waals surface area contributed by atoms with Gasteiger partial charge in [0.25, 0.3) is 0 Å². The number of aromatic carboxylic acids is 1. The Morgan fingerprint density at radius 3 is 2.81 bits per heavy atom. The Hall–Kier alpha value is -2.06. The fourth-order valence-electron chi connectivity index (χ4n) is 1.48. The highest BCUT2D eigenvalue weighted by molar-refractivity contribution is 7.99. The third-order valence-corrected chi connectivity index (χ3v) is 3.55. The minimum atomic E-state index is -1.12. The first-order valence-corrected chi connectivity index (χ1v) is 7.16. The molecule has 0 fully saturated rings. The number of aromatic amines is 1. The van der Waals surface area contributed by atoms with Crippen LogP contribution in [0.25, 0.3) is 0 Å². The van der Waals surface area contributed by atoms with Gasteiger partial charge in [0.05, 0.1) is 16.3 Å². The fourth-order valence-corrected chi connectivity index (χ4v) is 2.39. The fraction of sp³-hybridized carbons (Fsp3) is 0.167. The summed E-state index contributed by atoms with van der Waals surface area (Å²) in [5, 5.41) is 18.6. The highest BCUT2D eigenvalue weighted by Gasteiger charge is 2.11. The number of hydrogen-bond acceptors (Lipinski definition) is 5. The zero-order valence-corrected chi connectivity index (χ0v) is 12.5. The van der Waals surface area contributed by atoms with E-state index in [1.54, 1.807) is 6.92 Å². The summed E-state index contributed by atoms with van der Waals surface area (Å²) in [5.41, 5.74) is 0.419. The van der Waals surface area contributed by atoms with Gasteiger partial charge in [0.2, 0.25) is 11.1 Å². The predicted octanol–water partition coefficient (Wildman–Crippen LogP) is 2.20. The molecule has 1 aromatic carbocycles. The molecule has 0 saturated carbocycles. The second kappa shape index (κ2) is 6.59. The number of carboxylic acid groups (broad SMARTS) is 1. The van der Waals surface area contributed by atoms with Gasteiger partial charge < -0.3 is 10.4 Å². The molecule has 2 rings (SSSR count). The number of amides is 1. The van der Waals surface area contributed by atoms with E-state index in [1.165, 1.54) is 30.0 Å². The normalized spacial score (nSPS) is 10.4. The lowest BCUT2D eigenvalue weighted by Gasteiger charge is -2.06. The maximum absolute atomic E-state index is 11.8. The predicted molar refractivity (Wildman–Crippen MR) is 78.9 cm³/mol. The van der Waals surface area contributed by atoms with E-state index in [2.05, 4.69) is 20.5 Å². The Morgan fingerprint density at radius 2 is 2.24 bits per heavy atom. The van der Waals surface area contributed by atoms with Crippen molar-refractivity contribution < 1.29 is 14.7 Å². The van der Waals surface area contributed by atoms with Gasteiger partial charge in [-0.1, -0.05) is 23.4 Å². The minimum absolute atomic E-state index is 0.0137. The molecule has 0 aliphatic rings. The van der Waals surface area contributed by atoms with Crippen molar-refractivity contribution in [1.29, 1.82) is 0 Å². The average Bonchev–Trinajstić information content (AvgIpc) is 2.82. The molecule has 1 amide bonds. The van der Waals surface area contributed by atoms with Crippen LogP contribution in [0.5, 0.6) is 0 Å². The zero-order valence-electron chi connectivity index (χ0n) is 10.9. The molecule has 0 aliphatic carbocycles. The molecule has 2 aromatic rings. The number of carbonyl (C=O) groups is 2. The lowest BCUT2D eigenvalue weighted by atomic mass is 10.2. The molecule has 3 N–H and O–H groups in total. The lowest BCUT2D eigenvalue weighted by Crippen LogP contribution is -2.14. The van der Waals surface area contributed by atoms with Gasteiger partial charge in [-0.25, -0.2) is 9.78 Å². The number of H-pyrrole nitrogens is 1. The standard InChI is InChI=1S/C12H11ClN4O3S/c1-6-14-12(17-16-6)21-5-10(18)15-7-2-3-8(11(19)20)9(13)4-7/h2-4H,5H2,1H3,(H,15,18)(H,19,20)(H,14,16,17). The van der Waals surface area contributed by atoms with E-state index in [1.807, 2.05) is 0 Å². The summed E-state index contributed by atoms with van der Waals surface area (Å²) in [6.07, 6.45) is 0. The average molecular weight is 327 g/mol. The van der Waals surface area contributed by atoms with Crippen LogP contribution in [0.4, 0.5) is 5.69 Å². The number of benzene rings is 1. The van der Waals surface area contributed by atoms with E-state index in [0.29, 0.717) is 16.7 Å². The molecule has 7 nitrogen and oxygen atoms in total. The molecule has 0 aliphatic heterocycles. The van der Waals surface area contributed by atoms with E-state index in [9.17, 15) is 9.59 Å². The monoisotopic (exact) mass is 326 g/mol. The molecule has 110 valence electrons. The van der Waals surface area contributed by atoms with E-state index in [-0.39, 0.29) is 22.2 Å². The summed E-state index contributed by atoms with van der Waals surface area (Å²) in [5.74, 6) is -0.570. The van der Waals surface area contributed by atoms with Crippen LogP contribution in [0.3, 0.4) is 0 Å². The maximum atomic E-state index is 11.8. The van der Waals surface area contributed by atoms with Crippen molar-refractivity contribution in [2.45, 2.75) is 12.1 Å². The molecule has 0 unspecified atom stereocenters. The molecule has 0 saturated heterocycles. The quantitative estimate of drug-likeness (QED) is 0.727. The van der Waals surface area contributed by atoms with Gasteiger partial charge in [-0.3, -0.25) is 9.89 Å². The van der Waals surface area contributed by atoms with Crippen LogP contribution in [-0.2, 0) is 4.79 Å². The third kappa shape index (κ3) is 4.20. The van der Waals surface area contributed by atoms with Gasteiger partial charge in [0.15, 0.2) is 0 Å². The number of aromatic nitrogens is 3. The van der Waals surface area contributed by atoms with E-state index in [4.69, 9.17) is 16.7 Å². The third-order valence-electron chi connectivity index (χ3n) is 2.39. The Labute approximate surface area is 129 Å². The van der Waals surface area contributed by atoms with Crippen molar-refractivity contribution in [3.05, 3.63) is 34.6 Å². The van der Waals surface area contributed by atoms with Crippen molar-refractivity contribution in [3.63, 3.8) is 0 Å². The minimum Gasteiger partial charge on any atom is -0.478 e. The zero-order chi connectivity index (χ0) is 15.4. The summed E-state index contributed by atoms with van der Waals surface area (Å²) in [6, 6.07) is 4.21. The number of nitrogens with one attached hydrogen (secondary N) is 2. The second-order valence-electron chi connectivity index (χ2n) is 4.04. The van der Waals surface area contributed by atoms with Crippen LogP contribution >= 0.6 is 23.4 Å². The summed E-state index contributed by atoms with van der Waals surface area (Å²) in [7, 11) is 0. The van der Waals surface area contributed by atoms with Gasteiger partial charge in [0.1, 0.15) is 5.82 Å². The van der Waals surface area contributed by atoms with Crippen molar-refractivity contribution in [1.82, 2.24) is 15.2 Å². The van der Waals surface area contributed by atoms with Gasteiger partial charge in [-0.15, -0.1) is 5.10 Å². The molecule has 9 heteroatoms. The first-order chi connectivity index (χ1) is 9.95. The molecule has 0 bridgehead atoms. The van der Waals surface area contributed by atoms with Crippen molar-refractivity contribution >= 4 is 40.9 Å². The smallest absolute Gasteiger partial charge is 0.337 e. The number of carbonyl (C=O) groups excluding carboxylic acids is 1. The van der Waals surface area contributed by atoms with Gasteiger partial charge in [0, 0.05) is 5.69 Å². The highest BCUT2D eigenvalue weighted by Crippen LogP contribution is 2.21. The number of aryl methyl sites for hydroxylation is 1. The van der Waals surface area contributed by atoms with Crippen molar-refractivity contribution in [2.24, 2.45) is 0 Å². The number of nitrogens with zero attached hydrogens (tertiary/aromatic N) is 2. The Morgan fingerprint density at radius 1 is 1.48 bits per heavy atom. The van der Waals surface area contributed by atoms with Crippen molar-refractivity contribution in [3.8, 4) is 0 Å². The molecular formula is C12H11ClN4O3S. The number of rotatable bonds is 5. The first kappa shape index (κ1) is 15.3. The van der Waals surface area contributed by atoms with Gasteiger partial charge in [-0.05, 0) is 25.1 Å². The van der Waals surface area contributed by atoms with Crippen LogP contribution in [0.15, 0.2) is 23.4 Å². The maximum Gasteiger partial charge on any atom is 0.337 e. The van der Waals surface area contributed by atoms with Gasteiger partial charge >= 0.3 is 5.97 Å². The van der Waals surface area contributed by atoms with E-state index >= 15 is 0 Å². The number of hydrogen-bond donors (Lipinski definition) is 3. The van der Waals surface area contributed by atoms with Crippen molar-refractivity contribution in [2.75, 3.05) is 11.1 Å². The van der Waals surface area contributed by atoms with E-state index < -0.39 is 5.97 Å². The topological polar surface area (TPSA) is 108 Å². The van der Waals surface area contributed by atoms with Crippen LogP contribution < -0.4 is 5.32 Å². The highest BCUT2D eigenvalue weighted by atomic mass is 35.5. The molecule has 1 aromatic heterocycles. The van der Waals surface area contributed by atoms with Crippen LogP contribution in [-0.4, -0.2) is 37.9 Å². The molecule has 21 heavy (non-hydrogen) atoms. The Bertz CT molecular complexity index is 689. The second-order valence-corrected chi connectivity index (χ2v) is 5.39. The lowest BCUT2D eigenvalue weighted by molar-refractivity contribution is -0.113. The Kier molecular flexibility index (Phi) is 4.81. The molecule has 0 atom stereocenters. The van der Waals surface area contributed by atoms with Crippen LogP contribution in [0.1, 0.15) is 16.2 Å². The summed E-state index contributed by atoms with van der Waals surface area (Å²) >= 11 is 7.01. The number of carboxylic acids is 1. The Balaban J connectivity index is 1.93. The molecule has 1 heterocycles. The summed E-state index contributed by atoms with van der Waals surface area (Å²) in [6.45, 7) is 1.77. The molecule has 0 radical (unpaired) electrons. The SMILES string of the molecule is Cc1nc(SCC(=O)Nc2ccc(C(=O)O)c(Cl)c2)n[nH]1. The summed E-state index contributed by atoms with van der Waals surface area (Å²) in [4.78, 5) is 26.7. The molecular weight excluding hydrogens is 316 g/mol.